The molecule has 0 aliphatic rings. The van der Waals surface area contributed by atoms with Crippen LogP contribution in [0, 0.1) is 5.82 Å². The Kier molecular flexibility index (Phi) is 5.05. The van der Waals surface area contributed by atoms with Crippen molar-refractivity contribution in [3.63, 3.8) is 0 Å². The standard InChI is InChI=1S/C18H15BrFN3O/c19-14-7-8-17(16(20)10-14)22-18(24)9-6-13-11-21-23(12-13)15-4-2-1-3-5-15/h1-5,7-8,10-12H,6,9H2,(H,22,24). The number of anilines is 1. The smallest absolute Gasteiger partial charge is 0.224 e. The van der Waals surface area contributed by atoms with Crippen LogP contribution in [-0.4, -0.2) is 15.7 Å². The molecule has 0 saturated heterocycles. The topological polar surface area (TPSA) is 46.9 Å². The molecule has 3 rings (SSSR count). The van der Waals surface area contributed by atoms with Gasteiger partial charge in [0.2, 0.25) is 5.91 Å². The first-order valence-corrected chi connectivity index (χ1v) is 8.25. The van der Waals surface area contributed by atoms with Gasteiger partial charge in [-0.05, 0) is 42.3 Å². The number of aryl methyl sites for hydroxylation is 1. The van der Waals surface area contributed by atoms with Crippen LogP contribution in [0.1, 0.15) is 12.0 Å². The van der Waals surface area contributed by atoms with Crippen LogP contribution in [0.25, 0.3) is 5.69 Å². The fourth-order valence-corrected chi connectivity index (χ4v) is 2.61. The number of halogens is 2. The summed E-state index contributed by atoms with van der Waals surface area (Å²) < 4.78 is 16.1. The van der Waals surface area contributed by atoms with Gasteiger partial charge in [-0.15, -0.1) is 0 Å². The Morgan fingerprint density at radius 3 is 2.75 bits per heavy atom. The number of nitrogens with zero attached hydrogens (tertiary/aromatic N) is 2. The van der Waals surface area contributed by atoms with Gasteiger partial charge < -0.3 is 5.32 Å². The zero-order valence-electron chi connectivity index (χ0n) is 12.7. The Bertz CT molecular complexity index is 848. The van der Waals surface area contributed by atoms with Gasteiger partial charge in [-0.3, -0.25) is 4.79 Å². The summed E-state index contributed by atoms with van der Waals surface area (Å²) in [6.45, 7) is 0. The molecule has 0 unspecified atom stereocenters. The minimum absolute atomic E-state index is 0.184. The van der Waals surface area contributed by atoms with Crippen LogP contribution in [0.2, 0.25) is 0 Å². The van der Waals surface area contributed by atoms with Crippen LogP contribution in [0.15, 0.2) is 65.4 Å². The number of amides is 1. The van der Waals surface area contributed by atoms with E-state index in [-0.39, 0.29) is 18.0 Å². The van der Waals surface area contributed by atoms with Crippen molar-refractivity contribution < 1.29 is 9.18 Å². The molecule has 3 aromatic rings. The van der Waals surface area contributed by atoms with Crippen LogP contribution in [0.5, 0.6) is 0 Å². The molecular weight excluding hydrogens is 373 g/mol. The van der Waals surface area contributed by atoms with E-state index >= 15 is 0 Å². The molecule has 1 amide bonds. The summed E-state index contributed by atoms with van der Waals surface area (Å²) in [4.78, 5) is 12.0. The van der Waals surface area contributed by atoms with Crippen LogP contribution < -0.4 is 5.32 Å². The van der Waals surface area contributed by atoms with Gasteiger partial charge in [0.1, 0.15) is 5.82 Å². The summed E-state index contributed by atoms with van der Waals surface area (Å²) in [5.41, 5.74) is 2.10. The quantitative estimate of drug-likeness (QED) is 0.707. The molecule has 2 aromatic carbocycles. The van der Waals surface area contributed by atoms with Crippen molar-refractivity contribution in [2.75, 3.05) is 5.32 Å². The van der Waals surface area contributed by atoms with Crippen LogP contribution in [0.4, 0.5) is 10.1 Å². The van der Waals surface area contributed by atoms with Crippen molar-refractivity contribution in [3.8, 4) is 5.69 Å². The molecule has 1 heterocycles. The SMILES string of the molecule is O=C(CCc1cnn(-c2ccccc2)c1)Nc1ccc(Br)cc1F. The third-order valence-corrected chi connectivity index (χ3v) is 4.00. The Hall–Kier alpha value is -2.47. The fourth-order valence-electron chi connectivity index (χ4n) is 2.27. The largest absolute Gasteiger partial charge is 0.324 e. The zero-order valence-corrected chi connectivity index (χ0v) is 14.3. The van der Waals surface area contributed by atoms with Gasteiger partial charge in [0.25, 0.3) is 0 Å². The molecule has 6 heteroatoms. The Morgan fingerprint density at radius 2 is 2.00 bits per heavy atom. The number of nitrogens with one attached hydrogen (secondary N) is 1. The van der Waals surface area contributed by atoms with E-state index in [4.69, 9.17) is 0 Å². The lowest BCUT2D eigenvalue weighted by molar-refractivity contribution is -0.116. The summed E-state index contributed by atoms with van der Waals surface area (Å²) in [6, 6.07) is 14.3. The van der Waals surface area contributed by atoms with E-state index in [2.05, 4.69) is 26.3 Å². The highest BCUT2D eigenvalue weighted by Gasteiger charge is 2.09. The molecular formula is C18H15BrFN3O. The zero-order chi connectivity index (χ0) is 16.9. The number of hydrogen-bond donors (Lipinski definition) is 1. The lowest BCUT2D eigenvalue weighted by Gasteiger charge is -2.06. The highest BCUT2D eigenvalue weighted by Crippen LogP contribution is 2.19. The Morgan fingerprint density at radius 1 is 1.21 bits per heavy atom. The maximum absolute atomic E-state index is 13.7. The molecule has 0 fully saturated rings. The first kappa shape index (κ1) is 16.4. The van der Waals surface area contributed by atoms with Crippen LogP contribution in [0.3, 0.4) is 0 Å². The van der Waals surface area contributed by atoms with Crippen molar-refractivity contribution in [2.24, 2.45) is 0 Å². The van der Waals surface area contributed by atoms with Gasteiger partial charge in [-0.1, -0.05) is 34.1 Å². The predicted molar refractivity (Wildman–Crippen MR) is 94.6 cm³/mol. The number of hydrogen-bond acceptors (Lipinski definition) is 2. The van der Waals surface area contributed by atoms with Crippen molar-refractivity contribution in [3.05, 3.63) is 76.8 Å². The predicted octanol–water partition coefficient (Wildman–Crippen LogP) is 4.35. The summed E-state index contributed by atoms with van der Waals surface area (Å²) in [6.07, 6.45) is 4.43. The van der Waals surface area contributed by atoms with Crippen LogP contribution in [-0.2, 0) is 11.2 Å². The number of rotatable bonds is 5. The summed E-state index contributed by atoms with van der Waals surface area (Å²) in [5, 5.41) is 6.88. The molecule has 0 radical (unpaired) electrons. The number of benzene rings is 2. The normalized spacial score (nSPS) is 10.6. The first-order valence-electron chi connectivity index (χ1n) is 7.46. The maximum Gasteiger partial charge on any atom is 0.224 e. The van der Waals surface area contributed by atoms with Crippen LogP contribution >= 0.6 is 15.9 Å². The molecule has 0 saturated carbocycles. The second-order valence-electron chi connectivity index (χ2n) is 5.30. The second kappa shape index (κ2) is 7.40. The summed E-state index contributed by atoms with van der Waals surface area (Å²) >= 11 is 3.18. The number of aromatic nitrogens is 2. The Labute approximate surface area is 147 Å². The van der Waals surface area contributed by atoms with Gasteiger partial charge in [0, 0.05) is 17.1 Å². The van der Waals surface area contributed by atoms with Gasteiger partial charge >= 0.3 is 0 Å². The van der Waals surface area contributed by atoms with E-state index in [1.54, 1.807) is 16.9 Å². The van der Waals surface area contributed by atoms with Crippen molar-refractivity contribution in [1.29, 1.82) is 0 Å². The number of carbonyl (C=O) groups is 1. The molecule has 1 N–H and O–H groups in total. The van der Waals surface area contributed by atoms with E-state index in [1.807, 2.05) is 36.5 Å². The molecule has 0 aliphatic heterocycles. The highest BCUT2D eigenvalue weighted by atomic mass is 79.9. The van der Waals surface area contributed by atoms with Crippen molar-refractivity contribution in [2.45, 2.75) is 12.8 Å². The van der Waals surface area contributed by atoms with E-state index in [0.717, 1.165) is 11.3 Å². The number of para-hydroxylation sites is 1. The van der Waals surface area contributed by atoms with E-state index < -0.39 is 5.82 Å². The highest BCUT2D eigenvalue weighted by molar-refractivity contribution is 9.10. The van der Waals surface area contributed by atoms with E-state index in [0.29, 0.717) is 10.9 Å². The third kappa shape index (κ3) is 4.08. The minimum Gasteiger partial charge on any atom is -0.324 e. The van der Waals surface area contributed by atoms with Gasteiger partial charge in [0.05, 0.1) is 17.6 Å². The molecule has 1 aromatic heterocycles. The number of carbonyl (C=O) groups excluding carboxylic acids is 1. The molecule has 0 bridgehead atoms. The molecule has 122 valence electrons. The third-order valence-electron chi connectivity index (χ3n) is 3.50. The monoisotopic (exact) mass is 387 g/mol. The van der Waals surface area contributed by atoms with E-state index in [1.165, 1.54) is 12.1 Å². The first-order chi connectivity index (χ1) is 11.6. The lowest BCUT2D eigenvalue weighted by Crippen LogP contribution is -2.13. The summed E-state index contributed by atoms with van der Waals surface area (Å²) in [5.74, 6) is -0.696. The lowest BCUT2D eigenvalue weighted by atomic mass is 10.2. The molecule has 0 atom stereocenters. The Balaban J connectivity index is 1.58. The van der Waals surface area contributed by atoms with Gasteiger partial charge in [-0.25, -0.2) is 9.07 Å². The molecule has 24 heavy (non-hydrogen) atoms. The van der Waals surface area contributed by atoms with E-state index in [9.17, 15) is 9.18 Å². The molecule has 0 spiro atoms. The molecule has 4 nitrogen and oxygen atoms in total. The summed E-state index contributed by atoms with van der Waals surface area (Å²) in [7, 11) is 0. The van der Waals surface area contributed by atoms with Gasteiger partial charge in [-0.2, -0.15) is 5.10 Å². The maximum atomic E-state index is 13.7. The van der Waals surface area contributed by atoms with Crippen molar-refractivity contribution in [1.82, 2.24) is 9.78 Å². The van der Waals surface area contributed by atoms with Crippen molar-refractivity contribution >= 4 is 27.5 Å². The minimum atomic E-state index is -0.463. The fraction of sp³-hybridized carbons (Fsp3) is 0.111. The average Bonchev–Trinajstić information content (AvgIpc) is 3.05. The average molecular weight is 388 g/mol. The van der Waals surface area contributed by atoms with Gasteiger partial charge in [0.15, 0.2) is 0 Å². The molecule has 0 aliphatic carbocycles. The second-order valence-corrected chi connectivity index (χ2v) is 6.22.